The average Bonchev–Trinajstić information content (AvgIpc) is 2.43. The van der Waals surface area contributed by atoms with Gasteiger partial charge in [-0.3, -0.25) is 0 Å². The third-order valence-electron chi connectivity index (χ3n) is 2.87. The minimum atomic E-state index is -0.451. The van der Waals surface area contributed by atoms with Crippen molar-refractivity contribution in [3.8, 4) is 0 Å². The largest absolute Gasteiger partial charge is 0.389 e. The molecule has 1 nitrogen and oxygen atoms in total. The van der Waals surface area contributed by atoms with Gasteiger partial charge in [0.25, 0.3) is 0 Å². The van der Waals surface area contributed by atoms with Crippen LogP contribution in [0.4, 0.5) is 4.39 Å². The lowest BCUT2D eigenvalue weighted by Crippen LogP contribution is -2.00. The highest BCUT2D eigenvalue weighted by Crippen LogP contribution is 2.29. The van der Waals surface area contributed by atoms with E-state index in [4.69, 9.17) is 11.6 Å². The molecule has 0 aromatic heterocycles. The van der Waals surface area contributed by atoms with Gasteiger partial charge >= 0.3 is 0 Å². The van der Waals surface area contributed by atoms with Crippen LogP contribution in [0.25, 0.3) is 5.57 Å². The average molecular weight is 241 g/mol. The van der Waals surface area contributed by atoms with Gasteiger partial charge in [0, 0.05) is 10.6 Å². The molecule has 3 heteroatoms. The van der Waals surface area contributed by atoms with Crippen molar-refractivity contribution in [1.82, 2.24) is 0 Å². The van der Waals surface area contributed by atoms with Gasteiger partial charge in [-0.15, -0.1) is 0 Å². The predicted octanol–water partition coefficient (Wildman–Crippen LogP) is 3.80. The van der Waals surface area contributed by atoms with Crippen LogP contribution in [-0.4, -0.2) is 11.2 Å². The summed E-state index contributed by atoms with van der Waals surface area (Å²) in [7, 11) is 0. The van der Waals surface area contributed by atoms with Crippen molar-refractivity contribution in [3.05, 3.63) is 40.7 Å². The van der Waals surface area contributed by atoms with Gasteiger partial charge in [0.1, 0.15) is 5.82 Å². The fourth-order valence-electron chi connectivity index (χ4n) is 2.04. The molecule has 0 aliphatic heterocycles. The first-order valence-electron chi connectivity index (χ1n) is 5.51. The van der Waals surface area contributed by atoms with Gasteiger partial charge in [0.05, 0.1) is 6.10 Å². The van der Waals surface area contributed by atoms with Crippen LogP contribution in [0.15, 0.2) is 24.3 Å². The Morgan fingerprint density at radius 3 is 2.88 bits per heavy atom. The lowest BCUT2D eigenvalue weighted by Gasteiger charge is -2.08. The Bertz CT molecular complexity index is 414. The predicted molar refractivity (Wildman–Crippen MR) is 63.9 cm³/mol. The van der Waals surface area contributed by atoms with E-state index in [1.807, 2.05) is 0 Å². The molecule has 1 aromatic carbocycles. The maximum atomic E-state index is 13.7. The summed E-state index contributed by atoms with van der Waals surface area (Å²) in [6, 6.07) is 4.68. The zero-order chi connectivity index (χ0) is 11.5. The standard InChI is InChI=1S/C13H14ClFO/c14-10-5-6-12(13(15)8-10)9-3-1-2-4-11(16)7-9/h5-8,11,16H,1-4H2. The molecule has 0 amide bonds. The maximum Gasteiger partial charge on any atom is 0.132 e. The number of hydrogen-bond acceptors (Lipinski definition) is 1. The first kappa shape index (κ1) is 11.6. The van der Waals surface area contributed by atoms with Crippen LogP contribution in [0.2, 0.25) is 5.02 Å². The second-order valence-corrected chi connectivity index (χ2v) is 4.57. The summed E-state index contributed by atoms with van der Waals surface area (Å²) in [4.78, 5) is 0. The van der Waals surface area contributed by atoms with Crippen molar-refractivity contribution in [1.29, 1.82) is 0 Å². The molecule has 0 saturated heterocycles. The Balaban J connectivity index is 2.35. The van der Waals surface area contributed by atoms with E-state index in [2.05, 4.69) is 0 Å². The second kappa shape index (κ2) is 4.98. The van der Waals surface area contributed by atoms with Crippen molar-refractivity contribution in [3.63, 3.8) is 0 Å². The Hall–Kier alpha value is -0.860. The highest BCUT2D eigenvalue weighted by atomic mass is 35.5. The van der Waals surface area contributed by atoms with Gasteiger partial charge in [-0.1, -0.05) is 30.2 Å². The molecule has 2 rings (SSSR count). The summed E-state index contributed by atoms with van der Waals surface area (Å²) in [6.45, 7) is 0. The summed E-state index contributed by atoms with van der Waals surface area (Å²) in [5.74, 6) is -0.312. The molecule has 16 heavy (non-hydrogen) atoms. The van der Waals surface area contributed by atoms with Crippen LogP contribution in [0.5, 0.6) is 0 Å². The topological polar surface area (TPSA) is 20.2 Å². The number of rotatable bonds is 1. The third kappa shape index (κ3) is 2.63. The number of aliphatic hydroxyl groups is 1. The summed E-state index contributed by atoms with van der Waals surface area (Å²) in [5, 5.41) is 10.0. The molecule has 1 atom stereocenters. The molecule has 0 radical (unpaired) electrons. The Kier molecular flexibility index (Phi) is 3.62. The number of benzene rings is 1. The fourth-order valence-corrected chi connectivity index (χ4v) is 2.20. The van der Waals surface area contributed by atoms with Gasteiger partial charge in [0.2, 0.25) is 0 Å². The minimum Gasteiger partial charge on any atom is -0.389 e. The molecule has 1 aliphatic carbocycles. The lowest BCUT2D eigenvalue weighted by atomic mass is 10.0. The van der Waals surface area contributed by atoms with Crippen molar-refractivity contribution >= 4 is 17.2 Å². The molecule has 0 bridgehead atoms. The summed E-state index contributed by atoms with van der Waals surface area (Å²) in [5.41, 5.74) is 1.45. The van der Waals surface area contributed by atoms with Crippen LogP contribution < -0.4 is 0 Å². The molecule has 1 aliphatic rings. The van der Waals surface area contributed by atoms with Crippen LogP contribution in [0, 0.1) is 5.82 Å². The minimum absolute atomic E-state index is 0.312. The zero-order valence-electron chi connectivity index (χ0n) is 8.92. The molecule has 1 N–H and O–H groups in total. The van der Waals surface area contributed by atoms with Crippen LogP contribution in [0.3, 0.4) is 0 Å². The van der Waals surface area contributed by atoms with Gasteiger partial charge < -0.3 is 5.11 Å². The molecule has 1 unspecified atom stereocenters. The van der Waals surface area contributed by atoms with Crippen molar-refractivity contribution in [2.75, 3.05) is 0 Å². The summed E-state index contributed by atoms with van der Waals surface area (Å²) >= 11 is 5.71. The summed E-state index contributed by atoms with van der Waals surface area (Å²) < 4.78 is 13.7. The molecule has 0 heterocycles. The number of halogens is 2. The SMILES string of the molecule is OC1C=C(c2ccc(Cl)cc2F)CCCC1. The van der Waals surface area contributed by atoms with E-state index in [0.717, 1.165) is 31.3 Å². The molecule has 86 valence electrons. The monoisotopic (exact) mass is 240 g/mol. The molecule has 1 aromatic rings. The number of aliphatic hydroxyl groups excluding tert-OH is 1. The quantitative estimate of drug-likeness (QED) is 0.792. The van der Waals surface area contributed by atoms with E-state index >= 15 is 0 Å². The smallest absolute Gasteiger partial charge is 0.132 e. The van der Waals surface area contributed by atoms with E-state index < -0.39 is 6.10 Å². The van der Waals surface area contributed by atoms with Crippen LogP contribution >= 0.6 is 11.6 Å². The zero-order valence-corrected chi connectivity index (χ0v) is 9.67. The molecule has 0 fully saturated rings. The Morgan fingerprint density at radius 1 is 1.31 bits per heavy atom. The highest BCUT2D eigenvalue weighted by Gasteiger charge is 2.13. The fraction of sp³-hybridized carbons (Fsp3) is 0.385. The lowest BCUT2D eigenvalue weighted by molar-refractivity contribution is 0.211. The van der Waals surface area contributed by atoms with Crippen molar-refractivity contribution in [2.45, 2.75) is 31.8 Å². The highest BCUT2D eigenvalue weighted by molar-refractivity contribution is 6.30. The van der Waals surface area contributed by atoms with Crippen LogP contribution in [-0.2, 0) is 0 Å². The molecular formula is C13H14ClFO. The van der Waals surface area contributed by atoms with Crippen LogP contribution in [0.1, 0.15) is 31.2 Å². The van der Waals surface area contributed by atoms with Gasteiger partial charge in [0.15, 0.2) is 0 Å². The Labute approximate surface area is 99.6 Å². The van der Waals surface area contributed by atoms with Gasteiger partial charge in [-0.25, -0.2) is 4.39 Å². The molecule has 0 spiro atoms. The Morgan fingerprint density at radius 2 is 2.12 bits per heavy atom. The first-order valence-corrected chi connectivity index (χ1v) is 5.89. The number of allylic oxidation sites excluding steroid dienone is 1. The van der Waals surface area contributed by atoms with Gasteiger partial charge in [-0.2, -0.15) is 0 Å². The second-order valence-electron chi connectivity index (χ2n) is 4.13. The normalized spacial score (nSPS) is 21.4. The van der Waals surface area contributed by atoms with E-state index in [-0.39, 0.29) is 5.82 Å². The van der Waals surface area contributed by atoms with E-state index in [1.165, 1.54) is 6.07 Å². The van der Waals surface area contributed by atoms with Crippen molar-refractivity contribution < 1.29 is 9.50 Å². The van der Waals surface area contributed by atoms with Crippen molar-refractivity contribution in [2.24, 2.45) is 0 Å². The maximum absolute atomic E-state index is 13.7. The van der Waals surface area contributed by atoms with E-state index in [0.29, 0.717) is 10.6 Å². The van der Waals surface area contributed by atoms with E-state index in [9.17, 15) is 9.50 Å². The van der Waals surface area contributed by atoms with E-state index in [1.54, 1.807) is 18.2 Å². The molecular weight excluding hydrogens is 227 g/mol. The van der Waals surface area contributed by atoms with Gasteiger partial charge in [-0.05, 0) is 37.0 Å². The third-order valence-corrected chi connectivity index (χ3v) is 3.10. The number of hydrogen-bond donors (Lipinski definition) is 1. The first-order chi connectivity index (χ1) is 7.66. The molecule has 0 saturated carbocycles. The summed E-state index contributed by atoms with van der Waals surface area (Å²) in [6.07, 6.45) is 4.86.